The lowest BCUT2D eigenvalue weighted by Crippen LogP contribution is -2.46. The minimum Gasteiger partial charge on any atom is -0.356 e. The van der Waals surface area contributed by atoms with E-state index in [1.165, 1.54) is 0 Å². The van der Waals surface area contributed by atoms with Gasteiger partial charge in [0.25, 0.3) is 0 Å². The van der Waals surface area contributed by atoms with E-state index in [0.29, 0.717) is 13.1 Å². The summed E-state index contributed by atoms with van der Waals surface area (Å²) in [6.07, 6.45) is 0.870. The maximum atomic E-state index is 11.4. The molecular weight excluding hydrogens is 334 g/mol. The minimum atomic E-state index is -2.80. The van der Waals surface area contributed by atoms with Gasteiger partial charge in [0.05, 0.1) is 22.2 Å². The molecule has 9 heteroatoms. The fraction of sp³-hybridized carbons (Fsp3) is 0.714. The molecule has 1 aliphatic heterocycles. The largest absolute Gasteiger partial charge is 0.356 e. The van der Waals surface area contributed by atoms with E-state index in [1.54, 1.807) is 18.4 Å². The van der Waals surface area contributed by atoms with Crippen LogP contribution in [0.5, 0.6) is 0 Å². The van der Waals surface area contributed by atoms with Crippen LogP contribution in [0.2, 0.25) is 0 Å². The smallest absolute Gasteiger partial charge is 0.191 e. The zero-order chi connectivity index (χ0) is 16.7. The summed E-state index contributed by atoms with van der Waals surface area (Å²) in [6, 6.07) is 0. The number of aryl methyl sites for hydroxylation is 1. The predicted molar refractivity (Wildman–Crippen MR) is 95.0 cm³/mol. The second-order valence-electron chi connectivity index (χ2n) is 5.53. The highest BCUT2D eigenvalue weighted by Crippen LogP contribution is 2.07. The van der Waals surface area contributed by atoms with Gasteiger partial charge in [-0.3, -0.25) is 9.89 Å². The van der Waals surface area contributed by atoms with E-state index in [1.807, 2.05) is 6.92 Å². The van der Waals surface area contributed by atoms with Crippen LogP contribution in [0.1, 0.15) is 10.7 Å². The highest BCUT2D eigenvalue weighted by atomic mass is 32.2. The molecule has 0 atom stereocenters. The van der Waals surface area contributed by atoms with Crippen LogP contribution in [0, 0.1) is 6.92 Å². The van der Waals surface area contributed by atoms with Gasteiger partial charge in [-0.25, -0.2) is 13.4 Å². The van der Waals surface area contributed by atoms with Gasteiger partial charge in [-0.2, -0.15) is 0 Å². The molecule has 0 amide bonds. The summed E-state index contributed by atoms with van der Waals surface area (Å²) in [5.41, 5.74) is 1.10. The summed E-state index contributed by atoms with van der Waals surface area (Å²) in [7, 11) is -1.06. The van der Waals surface area contributed by atoms with Gasteiger partial charge in [0, 0.05) is 51.6 Å². The highest BCUT2D eigenvalue weighted by molar-refractivity contribution is 7.91. The van der Waals surface area contributed by atoms with Gasteiger partial charge < -0.3 is 10.6 Å². The van der Waals surface area contributed by atoms with Gasteiger partial charge in [0.1, 0.15) is 0 Å². The molecule has 1 fully saturated rings. The molecule has 0 spiro atoms. The highest BCUT2D eigenvalue weighted by Gasteiger charge is 2.20. The zero-order valence-corrected chi connectivity index (χ0v) is 15.3. The number of rotatable bonds is 6. The first-order chi connectivity index (χ1) is 11.0. The molecule has 0 bridgehead atoms. The van der Waals surface area contributed by atoms with E-state index in [0.717, 1.165) is 42.7 Å². The molecule has 0 saturated carbocycles. The third kappa shape index (κ3) is 6.44. The number of thiazole rings is 1. The number of hydrogen-bond donors (Lipinski definition) is 2. The monoisotopic (exact) mass is 359 g/mol. The van der Waals surface area contributed by atoms with Crippen molar-refractivity contribution >= 4 is 27.1 Å². The summed E-state index contributed by atoms with van der Waals surface area (Å²) in [4.78, 5) is 10.8. The van der Waals surface area contributed by atoms with E-state index >= 15 is 0 Å². The van der Waals surface area contributed by atoms with Crippen LogP contribution in [-0.2, 0) is 16.3 Å². The third-order valence-electron chi connectivity index (χ3n) is 3.72. The van der Waals surface area contributed by atoms with E-state index in [4.69, 9.17) is 0 Å². The van der Waals surface area contributed by atoms with Crippen molar-refractivity contribution in [2.24, 2.45) is 4.99 Å². The number of aromatic nitrogens is 1. The molecule has 0 radical (unpaired) electrons. The maximum absolute atomic E-state index is 11.4. The van der Waals surface area contributed by atoms with Crippen molar-refractivity contribution in [3.63, 3.8) is 0 Å². The Morgan fingerprint density at radius 1 is 1.35 bits per heavy atom. The van der Waals surface area contributed by atoms with Gasteiger partial charge in [-0.05, 0) is 6.92 Å². The number of guanidine groups is 1. The minimum absolute atomic E-state index is 0.271. The Labute approximate surface area is 142 Å². The van der Waals surface area contributed by atoms with Crippen molar-refractivity contribution in [3.8, 4) is 0 Å². The van der Waals surface area contributed by atoms with Gasteiger partial charge in [0.2, 0.25) is 0 Å². The number of aliphatic imine (C=N–C) groups is 1. The lowest BCUT2D eigenvalue weighted by Gasteiger charge is -2.26. The molecule has 2 rings (SSSR count). The fourth-order valence-corrected chi connectivity index (χ4v) is 4.28. The van der Waals surface area contributed by atoms with Crippen LogP contribution >= 0.6 is 11.3 Å². The molecule has 0 unspecified atom stereocenters. The number of nitrogens with one attached hydrogen (secondary N) is 2. The van der Waals surface area contributed by atoms with Crippen LogP contribution < -0.4 is 10.6 Å². The normalized spacial score (nSPS) is 18.8. The van der Waals surface area contributed by atoms with Crippen LogP contribution in [0.3, 0.4) is 0 Å². The first-order valence-electron chi connectivity index (χ1n) is 7.77. The van der Waals surface area contributed by atoms with E-state index < -0.39 is 9.84 Å². The predicted octanol–water partition coefficient (Wildman–Crippen LogP) is -0.111. The first-order valence-corrected chi connectivity index (χ1v) is 10.5. The van der Waals surface area contributed by atoms with Crippen molar-refractivity contribution in [3.05, 3.63) is 16.1 Å². The lowest BCUT2D eigenvalue weighted by molar-refractivity contribution is 0.299. The van der Waals surface area contributed by atoms with Gasteiger partial charge in [-0.15, -0.1) is 11.3 Å². The van der Waals surface area contributed by atoms with Crippen molar-refractivity contribution in [2.75, 3.05) is 51.3 Å². The molecule has 130 valence electrons. The first kappa shape index (κ1) is 18.2. The second-order valence-corrected chi connectivity index (χ2v) is 8.89. The van der Waals surface area contributed by atoms with Crippen LogP contribution in [0.15, 0.2) is 10.4 Å². The molecule has 23 heavy (non-hydrogen) atoms. The summed E-state index contributed by atoms with van der Waals surface area (Å²) in [6.45, 7) is 5.61. The van der Waals surface area contributed by atoms with Crippen molar-refractivity contribution in [1.29, 1.82) is 0 Å². The Kier molecular flexibility index (Phi) is 6.79. The van der Waals surface area contributed by atoms with E-state index in [2.05, 4.69) is 30.9 Å². The number of hydrogen-bond acceptors (Lipinski definition) is 6. The summed E-state index contributed by atoms with van der Waals surface area (Å²) in [5.74, 6) is 1.31. The molecule has 1 aromatic heterocycles. The molecule has 7 nitrogen and oxygen atoms in total. The van der Waals surface area contributed by atoms with E-state index in [9.17, 15) is 8.42 Å². The maximum Gasteiger partial charge on any atom is 0.191 e. The van der Waals surface area contributed by atoms with Gasteiger partial charge in [-0.1, -0.05) is 0 Å². The molecule has 1 aromatic rings. The molecular formula is C14H25N5O2S2. The van der Waals surface area contributed by atoms with Gasteiger partial charge in [0.15, 0.2) is 15.8 Å². The van der Waals surface area contributed by atoms with Gasteiger partial charge >= 0.3 is 0 Å². The lowest BCUT2D eigenvalue weighted by atomic mass is 10.3. The van der Waals surface area contributed by atoms with Crippen LogP contribution in [-0.4, -0.2) is 75.5 Å². The molecule has 0 aliphatic carbocycles. The average molecular weight is 360 g/mol. The summed E-state index contributed by atoms with van der Waals surface area (Å²) in [5, 5.41) is 9.70. The Morgan fingerprint density at radius 3 is 2.65 bits per heavy atom. The summed E-state index contributed by atoms with van der Waals surface area (Å²) < 4.78 is 22.8. The Balaban J connectivity index is 1.61. The second kappa shape index (κ2) is 8.60. The standard InChI is InChI=1S/C14H25N5O2S2/c1-12-18-13(11-22-12)3-4-16-14(15-2)17-5-6-19-7-9-23(20,21)10-8-19/h11H,3-10H2,1-2H3,(H2,15,16,17). The third-order valence-corrected chi connectivity index (χ3v) is 6.15. The summed E-state index contributed by atoms with van der Waals surface area (Å²) >= 11 is 1.67. The van der Waals surface area contributed by atoms with Crippen molar-refractivity contribution in [2.45, 2.75) is 13.3 Å². The number of nitrogens with zero attached hydrogens (tertiary/aromatic N) is 3. The van der Waals surface area contributed by atoms with Crippen LogP contribution in [0.25, 0.3) is 0 Å². The Morgan fingerprint density at radius 2 is 2.04 bits per heavy atom. The molecule has 2 N–H and O–H groups in total. The SMILES string of the molecule is CN=C(NCCc1csc(C)n1)NCCN1CCS(=O)(=O)CC1. The fourth-order valence-electron chi connectivity index (χ4n) is 2.36. The zero-order valence-electron chi connectivity index (χ0n) is 13.7. The topological polar surface area (TPSA) is 86.7 Å². The molecule has 1 aliphatic rings. The molecule has 2 heterocycles. The van der Waals surface area contributed by atoms with E-state index in [-0.39, 0.29) is 11.5 Å². The Hall–Kier alpha value is -1.19. The quantitative estimate of drug-likeness (QED) is 0.544. The van der Waals surface area contributed by atoms with Crippen LogP contribution in [0.4, 0.5) is 0 Å². The average Bonchev–Trinajstić information content (AvgIpc) is 2.93. The van der Waals surface area contributed by atoms with Crippen molar-refractivity contribution in [1.82, 2.24) is 20.5 Å². The van der Waals surface area contributed by atoms with Crippen molar-refractivity contribution < 1.29 is 8.42 Å². The molecule has 1 saturated heterocycles. The molecule has 0 aromatic carbocycles. The number of sulfone groups is 1. The Bertz CT molecular complexity index is 613.